The summed E-state index contributed by atoms with van der Waals surface area (Å²) in [5.41, 5.74) is -0.577. The lowest BCUT2D eigenvalue weighted by Gasteiger charge is -2.25. The minimum Gasteiger partial charge on any atom is -0.507 e. The molecule has 1 fully saturated rings. The zero-order valence-electron chi connectivity index (χ0n) is 17.7. The number of benzene rings is 2. The molecule has 2 aromatic rings. The SMILES string of the molecule is CC(C)OCCCN1C(=O)C(=O)C(=C(O)c2cccc([N+](=O)[O-])c2)[C@@H]1c1ccccc1F. The van der Waals surface area contributed by atoms with Gasteiger partial charge in [-0.3, -0.25) is 19.7 Å². The molecule has 1 saturated heterocycles. The number of carbonyl (C=O) groups is 2. The predicted molar refractivity (Wildman–Crippen MR) is 114 cm³/mol. The van der Waals surface area contributed by atoms with Crippen LogP contribution in [0.3, 0.4) is 0 Å². The van der Waals surface area contributed by atoms with Gasteiger partial charge >= 0.3 is 0 Å². The van der Waals surface area contributed by atoms with E-state index in [1.807, 2.05) is 13.8 Å². The fourth-order valence-electron chi connectivity index (χ4n) is 3.61. The fourth-order valence-corrected chi connectivity index (χ4v) is 3.61. The van der Waals surface area contributed by atoms with E-state index in [1.54, 1.807) is 6.07 Å². The van der Waals surface area contributed by atoms with Gasteiger partial charge in [0.2, 0.25) is 0 Å². The van der Waals surface area contributed by atoms with Gasteiger partial charge in [-0.15, -0.1) is 0 Å². The molecule has 1 aliphatic heterocycles. The molecule has 0 saturated carbocycles. The van der Waals surface area contributed by atoms with Crippen LogP contribution < -0.4 is 0 Å². The van der Waals surface area contributed by atoms with Crippen molar-refractivity contribution < 1.29 is 28.7 Å². The van der Waals surface area contributed by atoms with E-state index in [1.165, 1.54) is 41.3 Å². The predicted octanol–water partition coefficient (Wildman–Crippen LogP) is 3.97. The van der Waals surface area contributed by atoms with E-state index in [0.717, 1.165) is 6.07 Å². The number of Topliss-reactive ketones (excluding diaryl/α,β-unsaturated/α-hetero) is 1. The van der Waals surface area contributed by atoms with E-state index < -0.39 is 34.2 Å². The number of ketones is 1. The quantitative estimate of drug-likeness (QED) is 0.165. The van der Waals surface area contributed by atoms with Crippen molar-refractivity contribution in [1.29, 1.82) is 0 Å². The first kappa shape index (κ1) is 23.1. The Bertz CT molecular complexity index is 1080. The zero-order chi connectivity index (χ0) is 23.4. The van der Waals surface area contributed by atoms with E-state index in [2.05, 4.69) is 0 Å². The Balaban J connectivity index is 2.08. The second-order valence-electron chi connectivity index (χ2n) is 7.59. The van der Waals surface area contributed by atoms with Gasteiger partial charge in [-0.25, -0.2) is 4.39 Å². The highest BCUT2D eigenvalue weighted by Crippen LogP contribution is 2.40. The number of hydrogen-bond acceptors (Lipinski definition) is 6. The van der Waals surface area contributed by atoms with Crippen molar-refractivity contribution >= 4 is 23.1 Å². The van der Waals surface area contributed by atoms with Gasteiger partial charge in [0.25, 0.3) is 17.4 Å². The van der Waals surface area contributed by atoms with Crippen LogP contribution in [-0.4, -0.2) is 45.9 Å². The molecule has 3 rings (SSSR count). The second kappa shape index (κ2) is 9.69. The molecule has 1 atom stereocenters. The van der Waals surface area contributed by atoms with Crippen LogP contribution in [0, 0.1) is 15.9 Å². The number of rotatable bonds is 8. The Kier molecular flexibility index (Phi) is 6.99. The maximum atomic E-state index is 14.7. The van der Waals surface area contributed by atoms with Gasteiger partial charge in [0, 0.05) is 36.4 Å². The normalized spacial score (nSPS) is 17.9. The van der Waals surface area contributed by atoms with E-state index in [9.17, 15) is 29.2 Å². The number of likely N-dealkylation sites (tertiary alicyclic amines) is 1. The average molecular weight is 442 g/mol. The van der Waals surface area contributed by atoms with Gasteiger partial charge in [0.15, 0.2) is 0 Å². The molecule has 1 amide bonds. The van der Waals surface area contributed by atoms with Crippen LogP contribution in [0.25, 0.3) is 5.76 Å². The topological polar surface area (TPSA) is 110 Å². The van der Waals surface area contributed by atoms with Crippen LogP contribution in [0.4, 0.5) is 10.1 Å². The molecule has 0 spiro atoms. The molecule has 168 valence electrons. The van der Waals surface area contributed by atoms with Crippen molar-refractivity contribution in [3.63, 3.8) is 0 Å². The molecule has 0 radical (unpaired) electrons. The highest BCUT2D eigenvalue weighted by Gasteiger charge is 2.46. The summed E-state index contributed by atoms with van der Waals surface area (Å²) < 4.78 is 20.2. The molecule has 0 aliphatic carbocycles. The molecule has 32 heavy (non-hydrogen) atoms. The van der Waals surface area contributed by atoms with Crippen molar-refractivity contribution in [1.82, 2.24) is 4.90 Å². The number of ether oxygens (including phenoxy) is 1. The number of non-ortho nitro benzene ring substituents is 1. The molecule has 9 heteroatoms. The minimum absolute atomic E-state index is 0.0123. The smallest absolute Gasteiger partial charge is 0.295 e. The van der Waals surface area contributed by atoms with Gasteiger partial charge in [-0.2, -0.15) is 0 Å². The van der Waals surface area contributed by atoms with Crippen LogP contribution in [0.1, 0.15) is 37.4 Å². The molecule has 1 N–H and O–H groups in total. The maximum Gasteiger partial charge on any atom is 0.295 e. The number of nitrogens with zero attached hydrogens (tertiary/aromatic N) is 2. The minimum atomic E-state index is -1.17. The third-order valence-corrected chi connectivity index (χ3v) is 5.06. The largest absolute Gasteiger partial charge is 0.507 e. The number of carbonyl (C=O) groups excluding carboxylic acids is 2. The number of aliphatic hydroxyl groups is 1. The summed E-state index contributed by atoms with van der Waals surface area (Å²) in [6.07, 6.45) is 0.383. The molecular weight excluding hydrogens is 419 g/mol. The highest BCUT2D eigenvalue weighted by atomic mass is 19.1. The molecular formula is C23H23FN2O6. The highest BCUT2D eigenvalue weighted by molar-refractivity contribution is 6.46. The van der Waals surface area contributed by atoms with Crippen molar-refractivity contribution in [3.05, 3.63) is 81.2 Å². The van der Waals surface area contributed by atoms with Gasteiger partial charge in [-0.1, -0.05) is 30.3 Å². The summed E-state index contributed by atoms with van der Waals surface area (Å²) in [6, 6.07) is 9.56. The first-order chi connectivity index (χ1) is 15.2. The summed E-state index contributed by atoms with van der Waals surface area (Å²) in [5.74, 6) is -3.10. The molecule has 0 aromatic heterocycles. The summed E-state index contributed by atoms with van der Waals surface area (Å²) in [7, 11) is 0. The number of aliphatic hydroxyl groups excluding tert-OH is 1. The van der Waals surface area contributed by atoms with Crippen molar-refractivity contribution in [2.75, 3.05) is 13.2 Å². The molecule has 1 aliphatic rings. The van der Waals surface area contributed by atoms with Crippen molar-refractivity contribution in [3.8, 4) is 0 Å². The Morgan fingerprint density at radius 2 is 1.94 bits per heavy atom. The standard InChI is InChI=1S/C23H23FN2O6/c1-14(2)32-12-6-11-25-20(17-9-3-4-10-18(17)24)19(22(28)23(25)29)21(27)15-7-5-8-16(13-15)26(30)31/h3-5,7-10,13-14,20,27H,6,11-12H2,1-2H3/t20-/m0/s1. The van der Waals surface area contributed by atoms with E-state index in [-0.39, 0.29) is 35.0 Å². The third-order valence-electron chi connectivity index (χ3n) is 5.06. The molecule has 2 aromatic carbocycles. The Hall–Kier alpha value is -3.59. The molecule has 0 unspecified atom stereocenters. The molecule has 1 heterocycles. The number of nitro groups is 1. The lowest BCUT2D eigenvalue weighted by atomic mass is 9.94. The van der Waals surface area contributed by atoms with Gasteiger partial charge in [0.05, 0.1) is 22.6 Å². The van der Waals surface area contributed by atoms with Crippen LogP contribution in [0.2, 0.25) is 0 Å². The summed E-state index contributed by atoms with van der Waals surface area (Å²) >= 11 is 0. The van der Waals surface area contributed by atoms with Crippen LogP contribution in [0.15, 0.2) is 54.1 Å². The molecule has 0 bridgehead atoms. The van der Waals surface area contributed by atoms with E-state index in [4.69, 9.17) is 4.74 Å². The summed E-state index contributed by atoms with van der Waals surface area (Å²) in [4.78, 5) is 37.4. The number of amides is 1. The lowest BCUT2D eigenvalue weighted by Crippen LogP contribution is -2.31. The fraction of sp³-hybridized carbons (Fsp3) is 0.304. The Morgan fingerprint density at radius 3 is 2.59 bits per heavy atom. The van der Waals surface area contributed by atoms with Crippen molar-refractivity contribution in [2.24, 2.45) is 0 Å². The number of hydrogen-bond donors (Lipinski definition) is 1. The Morgan fingerprint density at radius 1 is 1.22 bits per heavy atom. The average Bonchev–Trinajstić information content (AvgIpc) is 3.01. The van der Waals surface area contributed by atoms with Gasteiger partial charge < -0.3 is 14.7 Å². The van der Waals surface area contributed by atoms with Crippen LogP contribution >= 0.6 is 0 Å². The van der Waals surface area contributed by atoms with E-state index in [0.29, 0.717) is 13.0 Å². The third kappa shape index (κ3) is 4.67. The zero-order valence-corrected chi connectivity index (χ0v) is 17.7. The first-order valence-corrected chi connectivity index (χ1v) is 10.1. The lowest BCUT2D eigenvalue weighted by molar-refractivity contribution is -0.384. The van der Waals surface area contributed by atoms with Crippen molar-refractivity contribution in [2.45, 2.75) is 32.4 Å². The number of halogens is 1. The van der Waals surface area contributed by atoms with E-state index >= 15 is 0 Å². The Labute approximate surface area is 184 Å². The van der Waals surface area contributed by atoms with Crippen LogP contribution in [-0.2, 0) is 14.3 Å². The van der Waals surface area contributed by atoms with Crippen LogP contribution in [0.5, 0.6) is 0 Å². The second-order valence-corrected chi connectivity index (χ2v) is 7.59. The maximum absolute atomic E-state index is 14.7. The molecule has 8 nitrogen and oxygen atoms in total. The monoisotopic (exact) mass is 442 g/mol. The van der Waals surface area contributed by atoms with Gasteiger partial charge in [0.1, 0.15) is 11.6 Å². The number of nitro benzene ring substituents is 1. The summed E-state index contributed by atoms with van der Waals surface area (Å²) in [6.45, 7) is 4.16. The van der Waals surface area contributed by atoms with Gasteiger partial charge in [-0.05, 0) is 26.3 Å². The first-order valence-electron chi connectivity index (χ1n) is 10.1. The summed E-state index contributed by atoms with van der Waals surface area (Å²) in [5, 5.41) is 22.0.